The average molecular weight is 543 g/mol. The van der Waals surface area contributed by atoms with Gasteiger partial charge in [-0.2, -0.15) is 5.26 Å². The number of halogens is 2. The van der Waals surface area contributed by atoms with Gasteiger partial charge in [0.15, 0.2) is 0 Å². The Morgan fingerprint density at radius 3 is 2.59 bits per heavy atom. The summed E-state index contributed by atoms with van der Waals surface area (Å²) in [5.74, 6) is 0.282. The lowest BCUT2D eigenvalue weighted by molar-refractivity contribution is 0.0976. The zero-order valence-corrected chi connectivity index (χ0v) is 22.1. The minimum absolute atomic E-state index is 0.269. The first-order chi connectivity index (χ1) is 19.1. The van der Waals surface area contributed by atoms with Gasteiger partial charge in [-0.25, -0.2) is 9.07 Å². The number of rotatable bonds is 7. The fraction of sp³-hybridized carbons (Fsp3) is 0.379. The Morgan fingerprint density at radius 2 is 1.90 bits per heavy atom. The van der Waals surface area contributed by atoms with Crippen molar-refractivity contribution in [2.24, 2.45) is 5.92 Å². The SMILES string of the molecule is N#Cc1cnc2c(Cl)cc(NC(c3ccc(F)cc3)c3cn(C4CC4)nn3)cc2c1NC1CN2CCC1CC2. The molecular weight excluding hydrogens is 515 g/mol. The summed E-state index contributed by atoms with van der Waals surface area (Å²) >= 11 is 6.78. The van der Waals surface area contributed by atoms with E-state index in [2.05, 4.69) is 36.9 Å². The van der Waals surface area contributed by atoms with Crippen LogP contribution in [0, 0.1) is 23.1 Å². The highest BCUT2D eigenvalue weighted by Crippen LogP contribution is 2.38. The van der Waals surface area contributed by atoms with Gasteiger partial charge >= 0.3 is 0 Å². The van der Waals surface area contributed by atoms with Crippen LogP contribution in [-0.2, 0) is 0 Å². The minimum atomic E-state index is -0.378. The van der Waals surface area contributed by atoms with E-state index < -0.39 is 0 Å². The quantitative estimate of drug-likeness (QED) is 0.317. The Kier molecular flexibility index (Phi) is 6.09. The van der Waals surface area contributed by atoms with Crippen molar-refractivity contribution in [3.63, 3.8) is 0 Å². The molecule has 3 aliphatic heterocycles. The number of hydrogen-bond donors (Lipinski definition) is 2. The van der Waals surface area contributed by atoms with Gasteiger partial charge in [0.2, 0.25) is 0 Å². The van der Waals surface area contributed by atoms with Crippen molar-refractivity contribution in [1.82, 2.24) is 24.9 Å². The summed E-state index contributed by atoms with van der Waals surface area (Å²) < 4.78 is 15.7. The van der Waals surface area contributed by atoms with E-state index in [4.69, 9.17) is 11.6 Å². The van der Waals surface area contributed by atoms with Gasteiger partial charge in [-0.1, -0.05) is 28.9 Å². The standard InChI is InChI=1S/C29H28ClFN8/c30-24-12-21(34-28(18-1-3-20(31)4-2-18)26-16-39(37-36-26)22-5-6-22)11-23-27(19(13-32)14-33-29(23)24)35-25-15-38-9-7-17(25)8-10-38/h1-4,11-12,14,16-17,22,25,28,34H,5-10,15H2,(H,33,35). The monoisotopic (exact) mass is 542 g/mol. The molecule has 5 heterocycles. The number of pyridine rings is 1. The molecule has 10 heteroatoms. The number of anilines is 2. The fourth-order valence-corrected chi connectivity index (χ4v) is 6.26. The third-order valence-electron chi connectivity index (χ3n) is 8.29. The third kappa shape index (κ3) is 4.68. The van der Waals surface area contributed by atoms with E-state index in [-0.39, 0.29) is 17.9 Å². The van der Waals surface area contributed by atoms with Crippen LogP contribution in [0.2, 0.25) is 5.02 Å². The van der Waals surface area contributed by atoms with Crippen LogP contribution in [0.1, 0.15) is 54.6 Å². The molecule has 8 rings (SSSR count). The maximum absolute atomic E-state index is 13.8. The van der Waals surface area contributed by atoms with Crippen molar-refractivity contribution in [2.45, 2.75) is 43.8 Å². The Hall–Kier alpha value is -3.74. The molecule has 8 nitrogen and oxygen atoms in total. The second-order valence-corrected chi connectivity index (χ2v) is 11.3. The van der Waals surface area contributed by atoms with Crippen LogP contribution in [0.3, 0.4) is 0 Å². The largest absolute Gasteiger partial charge is 0.379 e. The third-order valence-corrected chi connectivity index (χ3v) is 8.58. The number of fused-ring (bicyclic) bond motifs is 4. The van der Waals surface area contributed by atoms with Gasteiger partial charge in [0, 0.05) is 29.9 Å². The number of benzene rings is 2. The lowest BCUT2D eigenvalue weighted by atomic mass is 9.83. The molecule has 2 atom stereocenters. The van der Waals surface area contributed by atoms with Crippen LogP contribution >= 0.6 is 11.6 Å². The van der Waals surface area contributed by atoms with E-state index in [1.165, 1.54) is 12.1 Å². The predicted molar refractivity (Wildman–Crippen MR) is 148 cm³/mol. The highest BCUT2D eigenvalue weighted by atomic mass is 35.5. The Morgan fingerprint density at radius 1 is 1.10 bits per heavy atom. The van der Waals surface area contributed by atoms with Crippen molar-refractivity contribution >= 4 is 33.9 Å². The number of hydrogen-bond acceptors (Lipinski definition) is 7. The van der Waals surface area contributed by atoms with Crippen LogP contribution in [0.25, 0.3) is 10.9 Å². The number of aromatic nitrogens is 4. The smallest absolute Gasteiger partial charge is 0.123 e. The zero-order chi connectivity index (χ0) is 26.5. The number of nitrogens with zero attached hydrogens (tertiary/aromatic N) is 6. The molecule has 0 amide bonds. The molecule has 3 saturated heterocycles. The van der Waals surface area contributed by atoms with Gasteiger partial charge in [-0.15, -0.1) is 5.10 Å². The van der Waals surface area contributed by atoms with Crippen molar-refractivity contribution < 1.29 is 4.39 Å². The van der Waals surface area contributed by atoms with Crippen LogP contribution in [-0.4, -0.2) is 50.6 Å². The second-order valence-electron chi connectivity index (χ2n) is 10.9. The molecule has 2 bridgehead atoms. The molecule has 2 N–H and O–H groups in total. The van der Waals surface area contributed by atoms with Crippen LogP contribution < -0.4 is 10.6 Å². The Bertz CT molecular complexity index is 1570. The number of piperidine rings is 3. The summed E-state index contributed by atoms with van der Waals surface area (Å²) in [6.45, 7) is 3.25. The summed E-state index contributed by atoms with van der Waals surface area (Å²) in [6.07, 6.45) is 8.08. The van der Waals surface area contributed by atoms with E-state index in [0.717, 1.165) is 73.3 Å². The molecule has 1 aliphatic carbocycles. The van der Waals surface area contributed by atoms with Crippen molar-refractivity contribution in [3.8, 4) is 6.07 Å². The molecule has 0 spiro atoms. The summed E-state index contributed by atoms with van der Waals surface area (Å²) in [7, 11) is 0. The van der Waals surface area contributed by atoms with Crippen molar-refractivity contribution in [1.29, 1.82) is 5.26 Å². The Balaban J connectivity index is 1.28. The highest BCUT2D eigenvalue weighted by Gasteiger charge is 2.35. The van der Waals surface area contributed by atoms with E-state index in [1.807, 2.05) is 23.0 Å². The van der Waals surface area contributed by atoms with Gasteiger partial charge < -0.3 is 15.5 Å². The lowest BCUT2D eigenvalue weighted by Crippen LogP contribution is -2.53. The molecule has 198 valence electrons. The van der Waals surface area contributed by atoms with Crippen LogP contribution in [0.4, 0.5) is 15.8 Å². The van der Waals surface area contributed by atoms with Crippen molar-refractivity contribution in [3.05, 3.63) is 76.5 Å². The normalized spacial score (nSPS) is 22.9. The molecular formula is C29H28ClFN8. The molecule has 4 fully saturated rings. The molecule has 4 aliphatic rings. The van der Waals surface area contributed by atoms with Gasteiger partial charge in [-0.05, 0) is 74.5 Å². The Labute approximate surface area is 230 Å². The summed E-state index contributed by atoms with van der Waals surface area (Å²) in [5.41, 5.74) is 4.24. The van der Waals surface area contributed by atoms with E-state index in [9.17, 15) is 9.65 Å². The molecule has 1 saturated carbocycles. The molecule has 2 aromatic carbocycles. The first-order valence-corrected chi connectivity index (χ1v) is 13.9. The molecule has 2 aromatic heterocycles. The van der Waals surface area contributed by atoms with Gasteiger partial charge in [0.1, 0.15) is 17.6 Å². The second kappa shape index (κ2) is 9.78. The minimum Gasteiger partial charge on any atom is -0.379 e. The predicted octanol–water partition coefficient (Wildman–Crippen LogP) is 5.53. The van der Waals surface area contributed by atoms with Crippen LogP contribution in [0.15, 0.2) is 48.8 Å². The maximum Gasteiger partial charge on any atom is 0.123 e. The molecule has 4 aromatic rings. The van der Waals surface area contributed by atoms with E-state index in [0.29, 0.717) is 28.1 Å². The van der Waals surface area contributed by atoms with Gasteiger partial charge in [0.25, 0.3) is 0 Å². The fourth-order valence-electron chi connectivity index (χ4n) is 5.99. The first kappa shape index (κ1) is 24.3. The maximum atomic E-state index is 13.8. The average Bonchev–Trinajstić information content (AvgIpc) is 3.70. The van der Waals surface area contributed by atoms with E-state index >= 15 is 0 Å². The van der Waals surface area contributed by atoms with E-state index in [1.54, 1.807) is 18.3 Å². The molecule has 2 unspecified atom stereocenters. The van der Waals surface area contributed by atoms with Gasteiger partial charge in [-0.3, -0.25) is 4.98 Å². The first-order valence-electron chi connectivity index (χ1n) is 13.5. The highest BCUT2D eigenvalue weighted by molar-refractivity contribution is 6.35. The summed E-state index contributed by atoms with van der Waals surface area (Å²) in [4.78, 5) is 7.01. The molecule has 39 heavy (non-hydrogen) atoms. The lowest BCUT2D eigenvalue weighted by Gasteiger charge is -2.45. The summed E-state index contributed by atoms with van der Waals surface area (Å²) in [5, 5.41) is 27.3. The zero-order valence-electron chi connectivity index (χ0n) is 21.3. The van der Waals surface area contributed by atoms with Crippen LogP contribution in [0.5, 0.6) is 0 Å². The number of nitrogens with one attached hydrogen (secondary N) is 2. The van der Waals surface area contributed by atoms with Gasteiger partial charge in [0.05, 0.1) is 40.1 Å². The topological polar surface area (TPSA) is 94.7 Å². The number of nitriles is 1. The summed E-state index contributed by atoms with van der Waals surface area (Å²) in [6, 6.07) is 12.8. The molecule has 0 radical (unpaired) electrons. The van der Waals surface area contributed by atoms with Crippen molar-refractivity contribution in [2.75, 3.05) is 30.3 Å².